The first-order valence-corrected chi connectivity index (χ1v) is 6.27. The first-order chi connectivity index (χ1) is 8.42. The fourth-order valence-electron chi connectivity index (χ4n) is 1.94. The van der Waals surface area contributed by atoms with E-state index in [1.807, 2.05) is 27.7 Å². The Hall–Kier alpha value is -1.56. The maximum Gasteiger partial charge on any atom is 0.330 e. The van der Waals surface area contributed by atoms with Crippen molar-refractivity contribution in [3.8, 4) is 0 Å². The van der Waals surface area contributed by atoms with Crippen molar-refractivity contribution < 1.29 is 0 Å². The largest absolute Gasteiger partial charge is 0.385 e. The Morgan fingerprint density at radius 2 is 1.83 bits per heavy atom. The molecule has 18 heavy (non-hydrogen) atoms. The predicted molar refractivity (Wildman–Crippen MR) is 72.7 cm³/mol. The quantitative estimate of drug-likeness (QED) is 0.803. The second-order valence-corrected chi connectivity index (χ2v) is 4.55. The van der Waals surface area contributed by atoms with Crippen LogP contribution in [-0.2, 0) is 6.54 Å². The summed E-state index contributed by atoms with van der Waals surface area (Å²) in [6.45, 7) is 9.88. The van der Waals surface area contributed by atoms with Gasteiger partial charge in [-0.2, -0.15) is 0 Å². The summed E-state index contributed by atoms with van der Waals surface area (Å²) < 4.78 is 1.42. The number of nitrogens with zero attached hydrogens (tertiary/aromatic N) is 2. The van der Waals surface area contributed by atoms with Crippen LogP contribution >= 0.6 is 0 Å². The summed E-state index contributed by atoms with van der Waals surface area (Å²) >= 11 is 0. The van der Waals surface area contributed by atoms with E-state index in [4.69, 9.17) is 5.73 Å². The van der Waals surface area contributed by atoms with Gasteiger partial charge in [0.05, 0.1) is 5.56 Å². The Bertz CT molecular complexity index is 512. The number of hydrogen-bond donors (Lipinski definition) is 2. The van der Waals surface area contributed by atoms with Crippen molar-refractivity contribution in [3.05, 3.63) is 26.4 Å². The molecule has 0 amide bonds. The molecule has 1 heterocycles. The molecule has 3 N–H and O–H groups in total. The van der Waals surface area contributed by atoms with E-state index in [2.05, 4.69) is 9.88 Å². The summed E-state index contributed by atoms with van der Waals surface area (Å²) in [6, 6.07) is -0.0789. The normalized spacial score (nSPS) is 11.4. The highest BCUT2D eigenvalue weighted by molar-refractivity contribution is 5.38. The molecule has 0 unspecified atom stereocenters. The minimum atomic E-state index is -0.448. The zero-order chi connectivity index (χ0) is 13.9. The highest BCUT2D eigenvalue weighted by Gasteiger charge is 2.15. The van der Waals surface area contributed by atoms with Crippen molar-refractivity contribution in [2.45, 2.75) is 40.3 Å². The molecule has 0 radical (unpaired) electrons. The van der Waals surface area contributed by atoms with E-state index in [1.165, 1.54) is 4.57 Å². The van der Waals surface area contributed by atoms with E-state index in [0.29, 0.717) is 12.1 Å². The summed E-state index contributed by atoms with van der Waals surface area (Å²) in [7, 11) is 0. The van der Waals surface area contributed by atoms with Crippen molar-refractivity contribution in [2.75, 3.05) is 18.8 Å². The first-order valence-electron chi connectivity index (χ1n) is 6.27. The van der Waals surface area contributed by atoms with Crippen LogP contribution in [-0.4, -0.2) is 27.5 Å². The smallest absolute Gasteiger partial charge is 0.330 e. The lowest BCUT2D eigenvalue weighted by atomic mass is 10.2. The van der Waals surface area contributed by atoms with Crippen LogP contribution in [0.3, 0.4) is 0 Å². The van der Waals surface area contributed by atoms with Crippen LogP contribution in [0.1, 0.15) is 39.3 Å². The molecule has 0 aliphatic heterocycles. The molecular weight excluding hydrogens is 232 g/mol. The van der Waals surface area contributed by atoms with Crippen molar-refractivity contribution in [1.29, 1.82) is 0 Å². The van der Waals surface area contributed by atoms with E-state index >= 15 is 0 Å². The molecule has 1 aromatic heterocycles. The number of nitrogens with one attached hydrogen (secondary N) is 1. The zero-order valence-corrected chi connectivity index (χ0v) is 11.5. The Morgan fingerprint density at radius 1 is 1.28 bits per heavy atom. The monoisotopic (exact) mass is 254 g/mol. The van der Waals surface area contributed by atoms with Crippen LogP contribution in [0.2, 0.25) is 0 Å². The van der Waals surface area contributed by atoms with E-state index in [1.54, 1.807) is 0 Å². The second kappa shape index (κ2) is 5.86. The molecular formula is C12H22N4O2. The second-order valence-electron chi connectivity index (χ2n) is 4.55. The van der Waals surface area contributed by atoms with Gasteiger partial charge in [-0.3, -0.25) is 19.2 Å². The molecule has 0 aliphatic rings. The van der Waals surface area contributed by atoms with Gasteiger partial charge in [0.15, 0.2) is 0 Å². The number of anilines is 1. The molecule has 0 saturated heterocycles. The molecule has 0 aromatic carbocycles. The molecule has 6 heteroatoms. The van der Waals surface area contributed by atoms with E-state index in [-0.39, 0.29) is 17.4 Å². The molecule has 0 atom stereocenters. The van der Waals surface area contributed by atoms with E-state index in [0.717, 1.165) is 13.1 Å². The van der Waals surface area contributed by atoms with E-state index in [9.17, 15) is 9.59 Å². The third-order valence-electron chi connectivity index (χ3n) is 3.07. The predicted octanol–water partition coefficient (Wildman–Crippen LogP) is 0.542. The van der Waals surface area contributed by atoms with Crippen LogP contribution in [0, 0.1) is 0 Å². The molecule has 6 nitrogen and oxygen atoms in total. The average Bonchev–Trinajstić information content (AvgIpc) is 2.28. The van der Waals surface area contributed by atoms with Gasteiger partial charge < -0.3 is 5.73 Å². The molecule has 1 aromatic rings. The topological polar surface area (TPSA) is 84.1 Å². The summed E-state index contributed by atoms with van der Waals surface area (Å²) in [6.07, 6.45) is 0. The fourth-order valence-corrected chi connectivity index (χ4v) is 1.94. The number of aromatic nitrogens is 2. The maximum absolute atomic E-state index is 11.8. The first kappa shape index (κ1) is 14.5. The minimum absolute atomic E-state index is 0.0789. The van der Waals surface area contributed by atoms with Crippen LogP contribution < -0.4 is 17.0 Å². The van der Waals surface area contributed by atoms with Gasteiger partial charge in [-0.25, -0.2) is 4.79 Å². The molecule has 102 valence electrons. The standard InChI is InChI=1S/C12H22N4O2/c1-5-15(6-2)7-9-10(13)16(8(3)4)12(18)14-11(9)17/h8H,5-7,13H2,1-4H3,(H,14,17,18). The Morgan fingerprint density at radius 3 is 2.28 bits per heavy atom. The van der Waals surface area contributed by atoms with Gasteiger partial charge in [-0.05, 0) is 26.9 Å². The fraction of sp³-hybridized carbons (Fsp3) is 0.667. The maximum atomic E-state index is 11.8. The van der Waals surface area contributed by atoms with Gasteiger partial charge in [0.1, 0.15) is 5.82 Å². The highest BCUT2D eigenvalue weighted by atomic mass is 16.2. The number of rotatable bonds is 5. The molecule has 0 aliphatic carbocycles. The number of H-pyrrole nitrogens is 1. The van der Waals surface area contributed by atoms with Crippen molar-refractivity contribution in [3.63, 3.8) is 0 Å². The van der Waals surface area contributed by atoms with Crippen LogP contribution in [0.25, 0.3) is 0 Å². The Balaban J connectivity index is 3.32. The summed E-state index contributed by atoms with van der Waals surface area (Å²) in [5.74, 6) is 0.269. The zero-order valence-electron chi connectivity index (χ0n) is 11.5. The van der Waals surface area contributed by atoms with Crippen LogP contribution in [0.5, 0.6) is 0 Å². The number of aromatic amines is 1. The highest BCUT2D eigenvalue weighted by Crippen LogP contribution is 2.12. The third-order valence-corrected chi connectivity index (χ3v) is 3.07. The van der Waals surface area contributed by atoms with Crippen molar-refractivity contribution in [1.82, 2.24) is 14.5 Å². The van der Waals surface area contributed by atoms with Crippen molar-refractivity contribution in [2.24, 2.45) is 0 Å². The van der Waals surface area contributed by atoms with E-state index < -0.39 is 5.69 Å². The lowest BCUT2D eigenvalue weighted by Gasteiger charge is -2.21. The van der Waals surface area contributed by atoms with Gasteiger partial charge in [-0.15, -0.1) is 0 Å². The molecule has 0 spiro atoms. The minimum Gasteiger partial charge on any atom is -0.385 e. The Kier molecular flexibility index (Phi) is 4.72. The van der Waals surface area contributed by atoms with Crippen LogP contribution in [0.15, 0.2) is 9.59 Å². The molecule has 0 saturated carbocycles. The van der Waals surface area contributed by atoms with Gasteiger partial charge in [0.25, 0.3) is 5.56 Å². The lowest BCUT2D eigenvalue weighted by molar-refractivity contribution is 0.294. The summed E-state index contributed by atoms with van der Waals surface area (Å²) in [5.41, 5.74) is 5.59. The molecule has 0 fully saturated rings. The molecule has 0 bridgehead atoms. The van der Waals surface area contributed by atoms with Gasteiger partial charge in [0.2, 0.25) is 0 Å². The lowest BCUT2D eigenvalue weighted by Crippen LogP contribution is -2.37. The average molecular weight is 254 g/mol. The Labute approximate surface area is 106 Å². The van der Waals surface area contributed by atoms with Gasteiger partial charge in [0, 0.05) is 12.6 Å². The number of hydrogen-bond acceptors (Lipinski definition) is 4. The number of nitrogen functional groups attached to an aromatic ring is 1. The molecule has 1 rings (SSSR count). The number of nitrogens with two attached hydrogens (primary N) is 1. The van der Waals surface area contributed by atoms with Gasteiger partial charge in [-0.1, -0.05) is 13.8 Å². The van der Waals surface area contributed by atoms with Crippen molar-refractivity contribution >= 4 is 5.82 Å². The summed E-state index contributed by atoms with van der Waals surface area (Å²) in [5, 5.41) is 0. The third kappa shape index (κ3) is 2.81. The SMILES string of the molecule is CCN(CC)Cc1c(N)n(C(C)C)c(=O)[nH]c1=O. The van der Waals surface area contributed by atoms with Gasteiger partial charge >= 0.3 is 5.69 Å². The summed E-state index contributed by atoms with van der Waals surface area (Å²) in [4.78, 5) is 27.9. The van der Waals surface area contributed by atoms with Crippen LogP contribution in [0.4, 0.5) is 5.82 Å².